The molecule has 0 aromatic carbocycles. The van der Waals surface area contributed by atoms with Gasteiger partial charge in [0.15, 0.2) is 0 Å². The molecule has 2 aromatic rings. The van der Waals surface area contributed by atoms with Crippen molar-refractivity contribution in [2.75, 3.05) is 0 Å². The lowest BCUT2D eigenvalue weighted by atomic mass is 10.2. The van der Waals surface area contributed by atoms with Crippen LogP contribution >= 0.6 is 11.6 Å². The Kier molecular flexibility index (Phi) is 2.42. The van der Waals surface area contributed by atoms with Gasteiger partial charge in [-0.2, -0.15) is 4.98 Å². The van der Waals surface area contributed by atoms with Crippen LogP contribution in [0.4, 0.5) is 0 Å². The van der Waals surface area contributed by atoms with Gasteiger partial charge >= 0.3 is 0 Å². The number of rotatable bonds is 2. The molecule has 0 aliphatic rings. The summed E-state index contributed by atoms with van der Waals surface area (Å²) in [5.74, 6) is 0.597. The second-order valence-electron chi connectivity index (χ2n) is 3.78. The van der Waals surface area contributed by atoms with Crippen LogP contribution in [0.5, 0.6) is 0 Å². The molecule has 0 fully saturated rings. The third-order valence-corrected chi connectivity index (χ3v) is 2.22. The van der Waals surface area contributed by atoms with Crippen molar-refractivity contribution in [2.24, 2.45) is 5.92 Å². The van der Waals surface area contributed by atoms with Gasteiger partial charge in [-0.1, -0.05) is 13.8 Å². The first kappa shape index (κ1) is 9.46. The Morgan fingerprint density at radius 3 is 3.00 bits per heavy atom. The van der Waals surface area contributed by atoms with Gasteiger partial charge in [0.1, 0.15) is 5.65 Å². The van der Waals surface area contributed by atoms with E-state index in [0.717, 1.165) is 17.6 Å². The summed E-state index contributed by atoms with van der Waals surface area (Å²) in [6.07, 6.45) is 3.77. The fraction of sp³-hybridized carbons (Fsp3) is 0.400. The zero-order chi connectivity index (χ0) is 10.1. The highest BCUT2D eigenvalue weighted by atomic mass is 35.5. The van der Waals surface area contributed by atoms with Crippen molar-refractivity contribution in [3.63, 3.8) is 0 Å². The van der Waals surface area contributed by atoms with Gasteiger partial charge in [0, 0.05) is 24.3 Å². The summed E-state index contributed by atoms with van der Waals surface area (Å²) in [5.41, 5.74) is 0.915. The van der Waals surface area contributed by atoms with Crippen molar-refractivity contribution >= 4 is 22.6 Å². The first-order chi connectivity index (χ1) is 6.66. The van der Waals surface area contributed by atoms with Crippen molar-refractivity contribution < 1.29 is 0 Å². The number of halogens is 1. The van der Waals surface area contributed by atoms with Crippen LogP contribution in [-0.4, -0.2) is 14.5 Å². The Labute approximate surface area is 87.7 Å². The fourth-order valence-electron chi connectivity index (χ4n) is 1.49. The number of fused-ring (bicyclic) bond motifs is 1. The monoisotopic (exact) mass is 209 g/mol. The van der Waals surface area contributed by atoms with E-state index in [0.29, 0.717) is 11.2 Å². The molecule has 0 spiro atoms. The number of nitrogens with zero attached hydrogens (tertiary/aromatic N) is 3. The topological polar surface area (TPSA) is 30.7 Å². The van der Waals surface area contributed by atoms with Crippen LogP contribution in [-0.2, 0) is 6.54 Å². The molecule has 2 heterocycles. The normalized spacial score (nSPS) is 11.4. The Morgan fingerprint density at radius 1 is 1.50 bits per heavy atom. The van der Waals surface area contributed by atoms with Crippen LogP contribution < -0.4 is 0 Å². The van der Waals surface area contributed by atoms with Crippen LogP contribution in [0.2, 0.25) is 5.28 Å². The average Bonchev–Trinajstić information content (AvgIpc) is 2.47. The molecule has 3 nitrogen and oxygen atoms in total. The Balaban J connectivity index is 2.50. The zero-order valence-corrected chi connectivity index (χ0v) is 8.99. The molecule has 0 unspecified atom stereocenters. The number of hydrogen-bond donors (Lipinski definition) is 0. The van der Waals surface area contributed by atoms with Crippen molar-refractivity contribution in [3.05, 3.63) is 23.7 Å². The summed E-state index contributed by atoms with van der Waals surface area (Å²) in [6.45, 7) is 5.31. The third kappa shape index (κ3) is 1.73. The van der Waals surface area contributed by atoms with Gasteiger partial charge < -0.3 is 4.57 Å². The van der Waals surface area contributed by atoms with Crippen LogP contribution in [0, 0.1) is 5.92 Å². The van der Waals surface area contributed by atoms with Crippen molar-refractivity contribution in [1.29, 1.82) is 0 Å². The van der Waals surface area contributed by atoms with E-state index in [1.165, 1.54) is 0 Å². The molecule has 0 N–H and O–H groups in total. The van der Waals surface area contributed by atoms with Crippen LogP contribution in [0.1, 0.15) is 13.8 Å². The fourth-order valence-corrected chi connectivity index (χ4v) is 1.62. The molecule has 0 aliphatic carbocycles. The molecule has 0 amide bonds. The Bertz CT molecular complexity index is 448. The molecule has 0 radical (unpaired) electrons. The highest BCUT2D eigenvalue weighted by molar-refractivity contribution is 6.28. The van der Waals surface area contributed by atoms with Crippen LogP contribution in [0.3, 0.4) is 0 Å². The first-order valence-electron chi connectivity index (χ1n) is 4.64. The maximum Gasteiger partial charge on any atom is 0.224 e. The van der Waals surface area contributed by atoms with E-state index >= 15 is 0 Å². The molecule has 0 bridgehead atoms. The maximum absolute atomic E-state index is 5.75. The lowest BCUT2D eigenvalue weighted by molar-refractivity contribution is 0.533. The van der Waals surface area contributed by atoms with E-state index in [-0.39, 0.29) is 0 Å². The van der Waals surface area contributed by atoms with E-state index in [1.807, 2.05) is 12.3 Å². The van der Waals surface area contributed by atoms with Gasteiger partial charge in [0.25, 0.3) is 0 Å². The van der Waals surface area contributed by atoms with E-state index in [2.05, 4.69) is 28.4 Å². The minimum absolute atomic E-state index is 0.307. The Hall–Kier alpha value is -1.09. The number of aromatic nitrogens is 3. The molecule has 0 aliphatic heterocycles. The maximum atomic E-state index is 5.75. The summed E-state index contributed by atoms with van der Waals surface area (Å²) in [4.78, 5) is 8.15. The second kappa shape index (κ2) is 3.58. The van der Waals surface area contributed by atoms with E-state index < -0.39 is 0 Å². The first-order valence-corrected chi connectivity index (χ1v) is 5.02. The SMILES string of the molecule is CC(C)Cn1ccc2cnc(Cl)nc21. The van der Waals surface area contributed by atoms with E-state index in [1.54, 1.807) is 6.20 Å². The second-order valence-corrected chi connectivity index (χ2v) is 4.12. The van der Waals surface area contributed by atoms with Gasteiger partial charge in [0.2, 0.25) is 5.28 Å². The molecule has 4 heteroatoms. The van der Waals surface area contributed by atoms with Crippen molar-refractivity contribution in [1.82, 2.24) is 14.5 Å². The molecular weight excluding hydrogens is 198 g/mol. The molecule has 14 heavy (non-hydrogen) atoms. The number of hydrogen-bond acceptors (Lipinski definition) is 2. The molecule has 0 atom stereocenters. The average molecular weight is 210 g/mol. The van der Waals surface area contributed by atoms with Crippen molar-refractivity contribution in [3.8, 4) is 0 Å². The molecular formula is C10H12ClN3. The summed E-state index contributed by atoms with van der Waals surface area (Å²) in [6, 6.07) is 2.01. The van der Waals surface area contributed by atoms with Gasteiger partial charge in [-0.25, -0.2) is 4.98 Å². The predicted octanol–water partition coefficient (Wildman–Crippen LogP) is 2.74. The lowest BCUT2D eigenvalue weighted by Gasteiger charge is -2.06. The zero-order valence-electron chi connectivity index (χ0n) is 8.24. The summed E-state index contributed by atoms with van der Waals surface area (Å²) < 4.78 is 2.10. The highest BCUT2D eigenvalue weighted by Crippen LogP contribution is 2.15. The van der Waals surface area contributed by atoms with Crippen LogP contribution in [0.15, 0.2) is 18.5 Å². The third-order valence-electron chi connectivity index (χ3n) is 2.03. The Morgan fingerprint density at radius 2 is 2.29 bits per heavy atom. The molecule has 74 valence electrons. The van der Waals surface area contributed by atoms with Crippen LogP contribution in [0.25, 0.3) is 11.0 Å². The molecule has 0 saturated heterocycles. The lowest BCUT2D eigenvalue weighted by Crippen LogP contribution is -2.03. The molecule has 2 aromatic heterocycles. The quantitative estimate of drug-likeness (QED) is 0.713. The van der Waals surface area contributed by atoms with Gasteiger partial charge in [-0.3, -0.25) is 0 Å². The highest BCUT2D eigenvalue weighted by Gasteiger charge is 2.05. The van der Waals surface area contributed by atoms with Crippen molar-refractivity contribution in [2.45, 2.75) is 20.4 Å². The smallest absolute Gasteiger partial charge is 0.224 e. The minimum atomic E-state index is 0.307. The summed E-state index contributed by atoms with van der Waals surface area (Å²) in [5, 5.41) is 1.34. The van der Waals surface area contributed by atoms with E-state index in [4.69, 9.17) is 11.6 Å². The molecule has 0 saturated carbocycles. The summed E-state index contributed by atoms with van der Waals surface area (Å²) in [7, 11) is 0. The predicted molar refractivity (Wildman–Crippen MR) is 57.4 cm³/mol. The van der Waals surface area contributed by atoms with Gasteiger partial charge in [-0.05, 0) is 23.6 Å². The van der Waals surface area contributed by atoms with Gasteiger partial charge in [0.05, 0.1) is 0 Å². The minimum Gasteiger partial charge on any atom is -0.332 e. The summed E-state index contributed by atoms with van der Waals surface area (Å²) >= 11 is 5.75. The standard InChI is InChI=1S/C10H12ClN3/c1-7(2)6-14-4-3-8-5-12-10(11)13-9(8)14/h3-5,7H,6H2,1-2H3. The van der Waals surface area contributed by atoms with Gasteiger partial charge in [-0.15, -0.1) is 0 Å². The molecule has 2 rings (SSSR count). The largest absolute Gasteiger partial charge is 0.332 e. The van der Waals surface area contributed by atoms with E-state index in [9.17, 15) is 0 Å².